The summed E-state index contributed by atoms with van der Waals surface area (Å²) in [6.07, 6.45) is 2.03. The zero-order chi connectivity index (χ0) is 23.6. The maximum atomic E-state index is 14.1. The number of aldehydes is 1. The van der Waals surface area contributed by atoms with Crippen molar-refractivity contribution in [1.29, 1.82) is 5.26 Å². The van der Waals surface area contributed by atoms with Crippen LogP contribution in [0.4, 0.5) is 8.78 Å². The molecule has 9 heteroatoms. The van der Waals surface area contributed by atoms with Gasteiger partial charge in [0.05, 0.1) is 11.6 Å². The van der Waals surface area contributed by atoms with Gasteiger partial charge in [-0.05, 0) is 37.3 Å². The van der Waals surface area contributed by atoms with Crippen LogP contribution in [0.15, 0.2) is 18.2 Å². The molecule has 32 heavy (non-hydrogen) atoms. The van der Waals surface area contributed by atoms with Crippen molar-refractivity contribution >= 4 is 29.0 Å². The van der Waals surface area contributed by atoms with Crippen LogP contribution in [0.2, 0.25) is 0 Å². The molecule has 1 aromatic heterocycles. The van der Waals surface area contributed by atoms with E-state index < -0.39 is 41.5 Å². The highest BCUT2D eigenvalue weighted by molar-refractivity contribution is 6.00. The third-order valence-corrected chi connectivity index (χ3v) is 5.93. The monoisotopic (exact) mass is 444 g/mol. The molecule has 7 nitrogen and oxygen atoms in total. The second-order valence-corrected chi connectivity index (χ2v) is 8.70. The average Bonchev–Trinajstić information content (AvgIpc) is 3.36. The molecule has 0 aliphatic carbocycles. The van der Waals surface area contributed by atoms with Gasteiger partial charge < -0.3 is 19.6 Å². The van der Waals surface area contributed by atoms with Gasteiger partial charge in [-0.1, -0.05) is 13.8 Å². The van der Waals surface area contributed by atoms with Gasteiger partial charge in [0.2, 0.25) is 5.91 Å². The standard InChI is InChI=1S/C23H26F2N4O3/c1-13(2)4-5-21(23(32)29-11-14(12-30)6-16(29)10-26)28(3)22(31)20-9-17-18(25)7-15(24)8-19(17)27-20/h7-9,12-14,16,21,27H,4-6,11H2,1-3H3. The average molecular weight is 444 g/mol. The Morgan fingerprint density at radius 1 is 1.31 bits per heavy atom. The molecule has 3 unspecified atom stereocenters. The lowest BCUT2D eigenvalue weighted by molar-refractivity contribution is -0.136. The van der Waals surface area contributed by atoms with Crippen molar-refractivity contribution in [3.05, 3.63) is 35.5 Å². The number of nitrogens with zero attached hydrogens (tertiary/aromatic N) is 3. The van der Waals surface area contributed by atoms with Crippen molar-refractivity contribution in [2.45, 2.75) is 45.2 Å². The van der Waals surface area contributed by atoms with Gasteiger partial charge in [0, 0.05) is 31.0 Å². The minimum atomic E-state index is -0.862. The van der Waals surface area contributed by atoms with Crippen LogP contribution in [0, 0.1) is 34.8 Å². The lowest BCUT2D eigenvalue weighted by atomic mass is 10.0. The number of H-pyrrole nitrogens is 1. The molecule has 1 saturated heterocycles. The summed E-state index contributed by atoms with van der Waals surface area (Å²) in [6, 6.07) is 3.60. The Morgan fingerprint density at radius 2 is 2.03 bits per heavy atom. The number of carbonyl (C=O) groups excluding carboxylic acids is 3. The highest BCUT2D eigenvalue weighted by Gasteiger charge is 2.40. The van der Waals surface area contributed by atoms with Crippen LogP contribution in [0.3, 0.4) is 0 Å². The number of aromatic amines is 1. The second kappa shape index (κ2) is 9.47. The molecule has 0 bridgehead atoms. The summed E-state index contributed by atoms with van der Waals surface area (Å²) in [4.78, 5) is 43.1. The number of nitriles is 1. The van der Waals surface area contributed by atoms with Crippen LogP contribution < -0.4 is 0 Å². The Hall–Kier alpha value is -3.28. The summed E-state index contributed by atoms with van der Waals surface area (Å²) < 4.78 is 27.6. The van der Waals surface area contributed by atoms with Gasteiger partial charge in [0.25, 0.3) is 5.91 Å². The molecule has 1 aromatic carbocycles. The lowest BCUT2D eigenvalue weighted by Crippen LogP contribution is -2.50. The van der Waals surface area contributed by atoms with E-state index in [4.69, 9.17) is 0 Å². The molecular weight excluding hydrogens is 418 g/mol. The van der Waals surface area contributed by atoms with Crippen LogP contribution in [0.1, 0.15) is 43.6 Å². The van der Waals surface area contributed by atoms with Crippen molar-refractivity contribution in [2.24, 2.45) is 11.8 Å². The van der Waals surface area contributed by atoms with Crippen molar-refractivity contribution in [3.8, 4) is 6.07 Å². The zero-order valence-electron chi connectivity index (χ0n) is 18.3. The maximum Gasteiger partial charge on any atom is 0.270 e. The highest BCUT2D eigenvalue weighted by atomic mass is 19.1. The smallest absolute Gasteiger partial charge is 0.270 e. The fraction of sp³-hybridized carbons (Fsp3) is 0.478. The molecule has 1 aliphatic heterocycles. The van der Waals surface area contributed by atoms with E-state index in [1.807, 2.05) is 13.8 Å². The predicted molar refractivity (Wildman–Crippen MR) is 113 cm³/mol. The Labute approximate surface area is 185 Å². The molecule has 3 atom stereocenters. The number of hydrogen-bond acceptors (Lipinski definition) is 4. The number of carbonyl (C=O) groups is 3. The molecule has 3 rings (SSSR count). The lowest BCUT2D eigenvalue weighted by Gasteiger charge is -2.32. The number of rotatable bonds is 7. The Kier molecular flexibility index (Phi) is 6.92. The molecule has 0 radical (unpaired) electrons. The summed E-state index contributed by atoms with van der Waals surface area (Å²) in [5, 5.41) is 9.52. The maximum absolute atomic E-state index is 14.1. The molecule has 1 N–H and O–H groups in total. The van der Waals surface area contributed by atoms with E-state index in [1.165, 1.54) is 22.9 Å². The minimum Gasteiger partial charge on any atom is -0.350 e. The number of likely N-dealkylation sites (N-methyl/N-ethyl adjacent to an activating group) is 1. The van der Waals surface area contributed by atoms with Gasteiger partial charge in [-0.2, -0.15) is 5.26 Å². The Bertz CT molecular complexity index is 1080. The van der Waals surface area contributed by atoms with E-state index >= 15 is 0 Å². The Morgan fingerprint density at radius 3 is 2.66 bits per heavy atom. The normalized spacial score (nSPS) is 19.2. The molecule has 2 heterocycles. The third kappa shape index (κ3) is 4.64. The highest BCUT2D eigenvalue weighted by Crippen LogP contribution is 2.26. The number of nitrogens with one attached hydrogen (secondary N) is 1. The van der Waals surface area contributed by atoms with E-state index in [9.17, 15) is 28.4 Å². The van der Waals surface area contributed by atoms with E-state index in [0.29, 0.717) is 12.8 Å². The van der Waals surface area contributed by atoms with Crippen molar-refractivity contribution < 1.29 is 23.2 Å². The molecule has 1 fully saturated rings. The number of likely N-dealkylation sites (tertiary alicyclic amines) is 1. The van der Waals surface area contributed by atoms with Crippen LogP contribution in [-0.4, -0.2) is 58.6 Å². The molecule has 2 amide bonds. The minimum absolute atomic E-state index is 0.0263. The molecule has 1 aliphatic rings. The van der Waals surface area contributed by atoms with Crippen molar-refractivity contribution in [1.82, 2.24) is 14.8 Å². The summed E-state index contributed by atoms with van der Waals surface area (Å²) in [6.45, 7) is 4.13. The van der Waals surface area contributed by atoms with Gasteiger partial charge in [-0.25, -0.2) is 8.78 Å². The van der Waals surface area contributed by atoms with Crippen LogP contribution >= 0.6 is 0 Å². The first-order valence-corrected chi connectivity index (χ1v) is 10.6. The van der Waals surface area contributed by atoms with Gasteiger partial charge in [-0.3, -0.25) is 9.59 Å². The van der Waals surface area contributed by atoms with E-state index in [0.717, 1.165) is 18.4 Å². The number of benzene rings is 1. The second-order valence-electron chi connectivity index (χ2n) is 8.70. The van der Waals surface area contributed by atoms with Crippen LogP contribution in [0.25, 0.3) is 10.9 Å². The SMILES string of the molecule is CC(C)CCC(C(=O)N1CC(C=O)CC1C#N)N(C)C(=O)c1cc2c(F)cc(F)cc2[nH]1. The number of fused-ring (bicyclic) bond motifs is 1. The molecule has 170 valence electrons. The summed E-state index contributed by atoms with van der Waals surface area (Å²) >= 11 is 0. The zero-order valence-corrected chi connectivity index (χ0v) is 18.3. The van der Waals surface area contributed by atoms with Gasteiger partial charge in [-0.15, -0.1) is 0 Å². The summed E-state index contributed by atoms with van der Waals surface area (Å²) in [7, 11) is 1.47. The number of halogens is 2. The van der Waals surface area contributed by atoms with Gasteiger partial charge >= 0.3 is 0 Å². The molecule has 2 aromatic rings. The van der Waals surface area contributed by atoms with Crippen LogP contribution in [0.5, 0.6) is 0 Å². The first-order chi connectivity index (χ1) is 15.2. The van der Waals surface area contributed by atoms with Crippen LogP contribution in [-0.2, 0) is 9.59 Å². The van der Waals surface area contributed by atoms with Crippen molar-refractivity contribution in [3.63, 3.8) is 0 Å². The summed E-state index contributed by atoms with van der Waals surface area (Å²) in [5.74, 6) is -2.66. The first-order valence-electron chi connectivity index (χ1n) is 10.6. The largest absolute Gasteiger partial charge is 0.350 e. The van der Waals surface area contributed by atoms with E-state index in [1.54, 1.807) is 0 Å². The predicted octanol–water partition coefficient (Wildman–Crippen LogP) is 3.26. The molecular formula is C23H26F2N4O3. The Balaban J connectivity index is 1.90. The fourth-order valence-corrected chi connectivity index (χ4v) is 4.11. The van der Waals surface area contributed by atoms with E-state index in [-0.39, 0.29) is 35.5 Å². The molecule has 0 spiro atoms. The molecule has 0 saturated carbocycles. The number of hydrogen-bond donors (Lipinski definition) is 1. The fourth-order valence-electron chi connectivity index (χ4n) is 4.11. The number of amides is 2. The quantitative estimate of drug-likeness (QED) is 0.663. The van der Waals surface area contributed by atoms with E-state index in [2.05, 4.69) is 11.1 Å². The summed E-state index contributed by atoms with van der Waals surface area (Å²) in [5.41, 5.74) is 0.167. The van der Waals surface area contributed by atoms with Gasteiger partial charge in [0.15, 0.2) is 0 Å². The third-order valence-electron chi connectivity index (χ3n) is 5.93. The van der Waals surface area contributed by atoms with Gasteiger partial charge in [0.1, 0.15) is 35.7 Å². The number of aromatic nitrogens is 1. The topological polar surface area (TPSA) is 97.3 Å². The van der Waals surface area contributed by atoms with Crippen molar-refractivity contribution in [2.75, 3.05) is 13.6 Å². The first kappa shape index (κ1) is 23.4.